The molecule has 0 radical (unpaired) electrons. The van der Waals surface area contributed by atoms with E-state index >= 15 is 0 Å². The van der Waals surface area contributed by atoms with Crippen LogP contribution in [0.5, 0.6) is 0 Å². The Bertz CT molecular complexity index is 498. The zero-order valence-electron chi connectivity index (χ0n) is 12.8. The lowest BCUT2D eigenvalue weighted by Crippen LogP contribution is -2.37. The number of carbonyl (C=O) groups is 1. The molecule has 1 aliphatic rings. The standard InChI is InChI=1S/C16H24ClN3O/c1-3-18-14-10-12(9-13(17)20-14)15(21)19-11-16(2)7-5-4-6-8-16/h9-10H,3-8,11H2,1-2H3,(H,18,20)(H,19,21). The fourth-order valence-corrected chi connectivity index (χ4v) is 3.09. The maximum Gasteiger partial charge on any atom is 0.251 e. The lowest BCUT2D eigenvalue weighted by atomic mass is 9.76. The summed E-state index contributed by atoms with van der Waals surface area (Å²) in [6.07, 6.45) is 6.21. The second-order valence-electron chi connectivity index (χ2n) is 6.15. The predicted molar refractivity (Wildman–Crippen MR) is 86.9 cm³/mol. The second-order valence-corrected chi connectivity index (χ2v) is 6.54. The van der Waals surface area contributed by atoms with Gasteiger partial charge >= 0.3 is 0 Å². The molecule has 21 heavy (non-hydrogen) atoms. The first-order chi connectivity index (χ1) is 10.0. The summed E-state index contributed by atoms with van der Waals surface area (Å²) in [5.41, 5.74) is 0.792. The molecule has 1 aromatic rings. The predicted octanol–water partition coefficient (Wildman–Crippen LogP) is 3.87. The van der Waals surface area contributed by atoms with Crippen molar-refractivity contribution >= 4 is 23.3 Å². The second kappa shape index (κ2) is 7.12. The number of rotatable bonds is 5. The SMILES string of the molecule is CCNc1cc(C(=O)NCC2(C)CCCCC2)cc(Cl)n1. The number of nitrogens with one attached hydrogen (secondary N) is 2. The molecule has 5 heteroatoms. The largest absolute Gasteiger partial charge is 0.370 e. The summed E-state index contributed by atoms with van der Waals surface area (Å²) >= 11 is 5.97. The Morgan fingerprint density at radius 2 is 2.05 bits per heavy atom. The first-order valence-corrected chi connectivity index (χ1v) is 8.10. The number of hydrogen-bond acceptors (Lipinski definition) is 3. The monoisotopic (exact) mass is 309 g/mol. The Morgan fingerprint density at radius 1 is 1.33 bits per heavy atom. The average Bonchev–Trinajstić information content (AvgIpc) is 2.45. The Labute approximate surface area is 131 Å². The molecule has 1 amide bonds. The van der Waals surface area contributed by atoms with Crippen molar-refractivity contribution in [2.24, 2.45) is 5.41 Å². The Kier molecular flexibility index (Phi) is 5.45. The quantitative estimate of drug-likeness (QED) is 0.812. The van der Waals surface area contributed by atoms with E-state index in [0.29, 0.717) is 16.5 Å². The van der Waals surface area contributed by atoms with Crippen LogP contribution < -0.4 is 10.6 Å². The van der Waals surface area contributed by atoms with E-state index in [1.165, 1.54) is 32.1 Å². The average molecular weight is 310 g/mol. The molecule has 0 aromatic carbocycles. The van der Waals surface area contributed by atoms with Crippen LogP contribution in [0.1, 0.15) is 56.3 Å². The van der Waals surface area contributed by atoms with Gasteiger partial charge in [0.1, 0.15) is 11.0 Å². The molecule has 2 rings (SSSR count). The molecule has 0 spiro atoms. The van der Waals surface area contributed by atoms with E-state index in [2.05, 4.69) is 22.5 Å². The van der Waals surface area contributed by atoms with Crippen molar-refractivity contribution in [3.05, 3.63) is 22.8 Å². The molecule has 0 aliphatic heterocycles. The number of pyridine rings is 1. The Hall–Kier alpha value is -1.29. The number of carbonyl (C=O) groups excluding carboxylic acids is 1. The number of aromatic nitrogens is 1. The zero-order chi connectivity index (χ0) is 15.3. The van der Waals surface area contributed by atoms with Crippen molar-refractivity contribution in [2.45, 2.75) is 46.0 Å². The molecule has 1 aliphatic carbocycles. The van der Waals surface area contributed by atoms with Gasteiger partial charge in [-0.05, 0) is 37.3 Å². The lowest BCUT2D eigenvalue weighted by molar-refractivity contribution is 0.0919. The highest BCUT2D eigenvalue weighted by Crippen LogP contribution is 2.35. The van der Waals surface area contributed by atoms with Crippen LogP contribution in [0.2, 0.25) is 5.15 Å². The fraction of sp³-hybridized carbons (Fsp3) is 0.625. The highest BCUT2D eigenvalue weighted by atomic mass is 35.5. The molecule has 1 saturated carbocycles. The van der Waals surface area contributed by atoms with Crippen LogP contribution in [0.15, 0.2) is 12.1 Å². The van der Waals surface area contributed by atoms with Crippen LogP contribution in [0, 0.1) is 5.41 Å². The van der Waals surface area contributed by atoms with E-state index in [4.69, 9.17) is 11.6 Å². The summed E-state index contributed by atoms with van der Waals surface area (Å²) in [4.78, 5) is 16.5. The van der Waals surface area contributed by atoms with Gasteiger partial charge in [-0.2, -0.15) is 0 Å². The van der Waals surface area contributed by atoms with E-state index < -0.39 is 0 Å². The van der Waals surface area contributed by atoms with E-state index in [1.807, 2.05) is 6.92 Å². The van der Waals surface area contributed by atoms with Gasteiger partial charge in [-0.1, -0.05) is 37.8 Å². The van der Waals surface area contributed by atoms with Crippen molar-refractivity contribution in [1.82, 2.24) is 10.3 Å². The molecule has 0 bridgehead atoms. The van der Waals surface area contributed by atoms with Crippen molar-refractivity contribution in [3.8, 4) is 0 Å². The van der Waals surface area contributed by atoms with Gasteiger partial charge in [0, 0.05) is 18.7 Å². The van der Waals surface area contributed by atoms with E-state index in [1.54, 1.807) is 12.1 Å². The normalized spacial score (nSPS) is 17.3. The van der Waals surface area contributed by atoms with Gasteiger partial charge in [-0.25, -0.2) is 4.98 Å². The van der Waals surface area contributed by atoms with Crippen LogP contribution in [-0.4, -0.2) is 24.0 Å². The summed E-state index contributed by atoms with van der Waals surface area (Å²) in [5, 5.41) is 6.47. The topological polar surface area (TPSA) is 54.0 Å². The van der Waals surface area contributed by atoms with Crippen molar-refractivity contribution < 1.29 is 4.79 Å². The van der Waals surface area contributed by atoms with E-state index in [-0.39, 0.29) is 11.3 Å². The summed E-state index contributed by atoms with van der Waals surface area (Å²) < 4.78 is 0. The van der Waals surface area contributed by atoms with Gasteiger partial charge < -0.3 is 10.6 Å². The maximum atomic E-state index is 12.3. The van der Waals surface area contributed by atoms with Gasteiger partial charge in [0.05, 0.1) is 0 Å². The number of halogens is 1. The first kappa shape index (κ1) is 16.1. The molecule has 2 N–H and O–H groups in total. The number of nitrogens with zero attached hydrogens (tertiary/aromatic N) is 1. The summed E-state index contributed by atoms with van der Waals surface area (Å²) in [6.45, 7) is 5.71. The molecule has 116 valence electrons. The summed E-state index contributed by atoms with van der Waals surface area (Å²) in [6, 6.07) is 3.36. The maximum absolute atomic E-state index is 12.3. The Morgan fingerprint density at radius 3 is 2.71 bits per heavy atom. The third kappa shape index (κ3) is 4.60. The van der Waals surface area contributed by atoms with Crippen LogP contribution in [0.4, 0.5) is 5.82 Å². The van der Waals surface area contributed by atoms with Crippen LogP contribution in [0.3, 0.4) is 0 Å². The van der Waals surface area contributed by atoms with Gasteiger partial charge in [0.15, 0.2) is 0 Å². The van der Waals surface area contributed by atoms with Crippen LogP contribution >= 0.6 is 11.6 Å². The molecule has 1 heterocycles. The smallest absolute Gasteiger partial charge is 0.251 e. The lowest BCUT2D eigenvalue weighted by Gasteiger charge is -2.33. The molecule has 0 saturated heterocycles. The third-order valence-corrected chi connectivity index (χ3v) is 4.34. The molecule has 4 nitrogen and oxygen atoms in total. The van der Waals surface area contributed by atoms with Gasteiger partial charge in [-0.3, -0.25) is 4.79 Å². The van der Waals surface area contributed by atoms with Crippen LogP contribution in [0.25, 0.3) is 0 Å². The highest BCUT2D eigenvalue weighted by molar-refractivity contribution is 6.29. The zero-order valence-corrected chi connectivity index (χ0v) is 13.6. The van der Waals surface area contributed by atoms with Gasteiger partial charge in [0.25, 0.3) is 5.91 Å². The van der Waals surface area contributed by atoms with Crippen molar-refractivity contribution in [2.75, 3.05) is 18.4 Å². The van der Waals surface area contributed by atoms with Crippen molar-refractivity contribution in [1.29, 1.82) is 0 Å². The van der Waals surface area contributed by atoms with Gasteiger partial charge in [0.2, 0.25) is 0 Å². The van der Waals surface area contributed by atoms with Gasteiger partial charge in [-0.15, -0.1) is 0 Å². The molecule has 0 atom stereocenters. The molecule has 1 aromatic heterocycles. The van der Waals surface area contributed by atoms with E-state index in [0.717, 1.165) is 13.1 Å². The van der Waals surface area contributed by atoms with Crippen LogP contribution in [-0.2, 0) is 0 Å². The summed E-state index contributed by atoms with van der Waals surface area (Å²) in [5.74, 6) is 0.560. The fourth-order valence-electron chi connectivity index (χ4n) is 2.88. The third-order valence-electron chi connectivity index (χ3n) is 4.15. The van der Waals surface area contributed by atoms with E-state index in [9.17, 15) is 4.79 Å². The Balaban J connectivity index is 1.99. The highest BCUT2D eigenvalue weighted by Gasteiger charge is 2.27. The molecule has 1 fully saturated rings. The minimum atomic E-state index is -0.0785. The first-order valence-electron chi connectivity index (χ1n) is 7.72. The summed E-state index contributed by atoms with van der Waals surface area (Å²) in [7, 11) is 0. The number of hydrogen-bond donors (Lipinski definition) is 2. The number of anilines is 1. The molecular weight excluding hydrogens is 286 g/mol. The minimum absolute atomic E-state index is 0.0785. The molecule has 0 unspecified atom stereocenters. The molecular formula is C16H24ClN3O. The minimum Gasteiger partial charge on any atom is -0.370 e. The number of amides is 1. The van der Waals surface area contributed by atoms with Crippen molar-refractivity contribution in [3.63, 3.8) is 0 Å².